The molecule has 0 saturated heterocycles. The van der Waals surface area contributed by atoms with E-state index < -0.39 is 5.60 Å². The number of hydrogen-bond donors (Lipinski definition) is 2. The molecule has 9 atom stereocenters. The van der Waals surface area contributed by atoms with Crippen LogP contribution >= 0.6 is 0 Å². The van der Waals surface area contributed by atoms with Crippen LogP contribution in [0.2, 0.25) is 0 Å². The van der Waals surface area contributed by atoms with Gasteiger partial charge in [-0.2, -0.15) is 0 Å². The van der Waals surface area contributed by atoms with Crippen LogP contribution in [0.15, 0.2) is 0 Å². The van der Waals surface area contributed by atoms with Crippen LogP contribution in [0.4, 0.5) is 0 Å². The van der Waals surface area contributed by atoms with Crippen LogP contribution in [0.3, 0.4) is 0 Å². The van der Waals surface area contributed by atoms with Crippen molar-refractivity contribution in [3.63, 3.8) is 0 Å². The van der Waals surface area contributed by atoms with E-state index in [-0.39, 0.29) is 0 Å². The molecule has 0 aromatic rings. The minimum Gasteiger partial charge on any atom is -0.396 e. The highest BCUT2D eigenvalue weighted by Gasteiger charge is 2.61. The van der Waals surface area contributed by atoms with E-state index in [0.717, 1.165) is 30.6 Å². The van der Waals surface area contributed by atoms with E-state index in [1.54, 1.807) is 0 Å². The van der Waals surface area contributed by atoms with Gasteiger partial charge in [-0.3, -0.25) is 0 Å². The van der Waals surface area contributed by atoms with Gasteiger partial charge in [-0.05, 0) is 111 Å². The first-order valence-electron chi connectivity index (χ1n) is 12.2. The third-order valence-electron chi connectivity index (χ3n) is 10.4. The smallest absolute Gasteiger partial charge is 0.0883 e. The fourth-order valence-corrected chi connectivity index (χ4v) is 8.85. The molecule has 0 radical (unpaired) electrons. The van der Waals surface area contributed by atoms with Crippen molar-refractivity contribution in [2.75, 3.05) is 19.8 Å². The fourth-order valence-electron chi connectivity index (χ4n) is 8.85. The summed E-state index contributed by atoms with van der Waals surface area (Å²) in [6.07, 6.45) is 11.1. The molecule has 4 fully saturated rings. The van der Waals surface area contributed by atoms with Gasteiger partial charge in [0.2, 0.25) is 0 Å². The van der Waals surface area contributed by atoms with Crippen molar-refractivity contribution in [2.24, 2.45) is 46.3 Å². The molecule has 28 heavy (non-hydrogen) atoms. The molecule has 0 aliphatic heterocycles. The van der Waals surface area contributed by atoms with Crippen LogP contribution in [0.25, 0.3) is 0 Å². The summed E-state index contributed by atoms with van der Waals surface area (Å²) in [6.45, 7) is 11.0. The Morgan fingerprint density at radius 1 is 0.964 bits per heavy atom. The maximum Gasteiger partial charge on any atom is 0.0883 e. The number of rotatable bonds is 5. The van der Waals surface area contributed by atoms with Crippen LogP contribution in [0.1, 0.15) is 85.5 Å². The molecule has 2 N–H and O–H groups in total. The second-order valence-corrected chi connectivity index (χ2v) is 11.6. The first-order valence-corrected chi connectivity index (χ1v) is 12.2. The summed E-state index contributed by atoms with van der Waals surface area (Å²) in [5.41, 5.74) is 0.255. The molecule has 0 amide bonds. The quantitative estimate of drug-likeness (QED) is 0.689. The van der Waals surface area contributed by atoms with Crippen molar-refractivity contribution in [1.82, 2.24) is 0 Å². The normalized spacial score (nSPS) is 51.9. The maximum absolute atomic E-state index is 11.1. The lowest BCUT2D eigenvalue weighted by molar-refractivity contribution is -0.166. The highest BCUT2D eigenvalue weighted by Crippen LogP contribution is 2.68. The average Bonchev–Trinajstić information content (AvgIpc) is 3.04. The summed E-state index contributed by atoms with van der Waals surface area (Å²) >= 11 is 0. The van der Waals surface area contributed by atoms with Gasteiger partial charge in [0.15, 0.2) is 0 Å². The SMILES string of the molecule is CCOC[C@@]1(O)CC[C@@]2(C)[C@H](CC[C@@H]3[C@@H]2CC[C@]2(C)[C@@H](C(C)CO)CC[C@@H]32)C1. The van der Waals surface area contributed by atoms with E-state index in [1.165, 1.54) is 44.9 Å². The molecule has 1 unspecified atom stereocenters. The Bertz CT molecular complexity index is 564. The molecule has 0 spiro atoms. The van der Waals surface area contributed by atoms with Gasteiger partial charge >= 0.3 is 0 Å². The Balaban J connectivity index is 1.52. The van der Waals surface area contributed by atoms with Crippen molar-refractivity contribution in [3.8, 4) is 0 Å². The van der Waals surface area contributed by atoms with Gasteiger partial charge in [0, 0.05) is 13.2 Å². The van der Waals surface area contributed by atoms with Gasteiger partial charge in [0.1, 0.15) is 0 Å². The van der Waals surface area contributed by atoms with E-state index in [4.69, 9.17) is 4.74 Å². The van der Waals surface area contributed by atoms with Gasteiger partial charge in [0.25, 0.3) is 0 Å². The van der Waals surface area contributed by atoms with E-state index in [2.05, 4.69) is 20.8 Å². The summed E-state index contributed by atoms with van der Waals surface area (Å²) in [4.78, 5) is 0. The molecule has 0 bridgehead atoms. The number of ether oxygens (including phenoxy) is 1. The van der Waals surface area contributed by atoms with Crippen molar-refractivity contribution in [3.05, 3.63) is 0 Å². The van der Waals surface area contributed by atoms with Gasteiger partial charge in [0.05, 0.1) is 12.2 Å². The number of fused-ring (bicyclic) bond motifs is 5. The topological polar surface area (TPSA) is 49.7 Å². The molecule has 0 heterocycles. The maximum atomic E-state index is 11.1. The minimum absolute atomic E-state index is 0.347. The Morgan fingerprint density at radius 2 is 1.71 bits per heavy atom. The summed E-state index contributed by atoms with van der Waals surface area (Å²) in [7, 11) is 0. The van der Waals surface area contributed by atoms with Gasteiger partial charge < -0.3 is 14.9 Å². The highest BCUT2D eigenvalue weighted by molar-refractivity contribution is 5.11. The van der Waals surface area contributed by atoms with Crippen molar-refractivity contribution in [2.45, 2.75) is 91.1 Å². The van der Waals surface area contributed by atoms with E-state index in [1.807, 2.05) is 6.92 Å². The second kappa shape index (κ2) is 7.54. The van der Waals surface area contributed by atoms with Crippen molar-refractivity contribution >= 4 is 0 Å². The first-order chi connectivity index (χ1) is 13.3. The zero-order valence-electron chi connectivity index (χ0n) is 18.8. The van der Waals surface area contributed by atoms with E-state index >= 15 is 0 Å². The number of aliphatic hydroxyl groups excluding tert-OH is 1. The Hall–Kier alpha value is -0.120. The molecule has 0 aromatic carbocycles. The molecule has 3 nitrogen and oxygen atoms in total. The fraction of sp³-hybridized carbons (Fsp3) is 1.00. The van der Waals surface area contributed by atoms with Crippen molar-refractivity contribution < 1.29 is 14.9 Å². The largest absolute Gasteiger partial charge is 0.396 e. The predicted octanol–water partition coefficient (Wildman–Crippen LogP) is 5.04. The lowest BCUT2D eigenvalue weighted by atomic mass is 9.43. The molecular formula is C25H44O3. The van der Waals surface area contributed by atoms with E-state index in [0.29, 0.717) is 48.4 Å². The molecule has 162 valence electrons. The van der Waals surface area contributed by atoms with Crippen LogP contribution in [0, 0.1) is 46.3 Å². The summed E-state index contributed by atoms with van der Waals surface area (Å²) in [5, 5.41) is 20.9. The zero-order valence-corrected chi connectivity index (χ0v) is 18.8. The van der Waals surface area contributed by atoms with Crippen LogP contribution < -0.4 is 0 Å². The Labute approximate surface area is 172 Å². The lowest BCUT2D eigenvalue weighted by Gasteiger charge is -2.62. The standard InChI is InChI=1S/C25H44O3/c1-5-28-16-25(27)13-12-23(3)18(14-25)6-7-19-21-9-8-20(17(2)15-26)24(21,4)11-10-22(19)23/h17-22,26-27H,5-16H2,1-4H3/t17?,18-,19+,20-,21+,22+,23+,24-,25-/m1/s1. The van der Waals surface area contributed by atoms with Crippen LogP contribution in [-0.2, 0) is 4.74 Å². The Morgan fingerprint density at radius 3 is 2.43 bits per heavy atom. The average molecular weight is 393 g/mol. The second-order valence-electron chi connectivity index (χ2n) is 11.6. The number of hydrogen-bond acceptors (Lipinski definition) is 3. The highest BCUT2D eigenvalue weighted by atomic mass is 16.5. The molecule has 4 rings (SSSR count). The van der Waals surface area contributed by atoms with Gasteiger partial charge in [-0.1, -0.05) is 20.8 Å². The monoisotopic (exact) mass is 392 g/mol. The molecule has 4 aliphatic carbocycles. The first kappa shape index (κ1) is 21.1. The molecular weight excluding hydrogens is 348 g/mol. The Kier molecular flexibility index (Phi) is 5.69. The third-order valence-corrected chi connectivity index (χ3v) is 10.4. The summed E-state index contributed by atoms with van der Waals surface area (Å²) in [6, 6.07) is 0. The van der Waals surface area contributed by atoms with Crippen LogP contribution in [0.5, 0.6) is 0 Å². The lowest BCUT2D eigenvalue weighted by Crippen LogP contribution is -2.56. The zero-order chi connectivity index (χ0) is 20.2. The minimum atomic E-state index is -0.592. The molecule has 4 saturated carbocycles. The third kappa shape index (κ3) is 3.19. The molecule has 3 heteroatoms. The van der Waals surface area contributed by atoms with Gasteiger partial charge in [-0.15, -0.1) is 0 Å². The van der Waals surface area contributed by atoms with Gasteiger partial charge in [-0.25, -0.2) is 0 Å². The number of aliphatic hydroxyl groups is 2. The summed E-state index contributed by atoms with van der Waals surface area (Å²) in [5.74, 6) is 4.37. The van der Waals surface area contributed by atoms with Crippen molar-refractivity contribution in [1.29, 1.82) is 0 Å². The molecule has 4 aliphatic rings. The van der Waals surface area contributed by atoms with Crippen LogP contribution in [-0.4, -0.2) is 35.6 Å². The molecule has 0 aromatic heterocycles. The van der Waals surface area contributed by atoms with E-state index in [9.17, 15) is 10.2 Å². The predicted molar refractivity (Wildman–Crippen MR) is 113 cm³/mol. The summed E-state index contributed by atoms with van der Waals surface area (Å²) < 4.78 is 5.64.